The molecule has 0 N–H and O–H groups in total. The number of carbonyl (C=O) groups is 1. The van der Waals surface area contributed by atoms with Crippen LogP contribution in [0.15, 0.2) is 0 Å². The molecule has 1 atom stereocenters. The summed E-state index contributed by atoms with van der Waals surface area (Å²) in [5.41, 5.74) is 0. The van der Waals surface area contributed by atoms with Crippen LogP contribution >= 0.6 is 0 Å². The van der Waals surface area contributed by atoms with Gasteiger partial charge in [-0.3, -0.25) is 4.79 Å². The van der Waals surface area contributed by atoms with E-state index >= 15 is 0 Å². The molecule has 0 aliphatic rings. The predicted molar refractivity (Wildman–Crippen MR) is 90.1 cm³/mol. The number of hydrogen-bond acceptors (Lipinski definition) is 4. The quantitative estimate of drug-likeness (QED) is 0.310. The summed E-state index contributed by atoms with van der Waals surface area (Å²) in [6.07, 6.45) is 12.2. The van der Waals surface area contributed by atoms with Crippen molar-refractivity contribution in [2.24, 2.45) is 0 Å². The highest BCUT2D eigenvalue weighted by molar-refractivity contribution is 5.65. The minimum Gasteiger partial charge on any atom is -0.463 e. The van der Waals surface area contributed by atoms with Crippen molar-refractivity contribution in [2.75, 3.05) is 26.4 Å². The Morgan fingerprint density at radius 2 is 1.45 bits per heavy atom. The first-order valence-electron chi connectivity index (χ1n) is 8.99. The van der Waals surface area contributed by atoms with E-state index in [9.17, 15) is 4.79 Å². The van der Waals surface area contributed by atoms with Gasteiger partial charge in [-0.15, -0.1) is 0 Å². The first-order chi connectivity index (χ1) is 10.7. The third kappa shape index (κ3) is 17.4. The first kappa shape index (κ1) is 21.4. The molecule has 0 amide bonds. The summed E-state index contributed by atoms with van der Waals surface area (Å²) < 4.78 is 15.8. The molecular formula is C18H36O4. The van der Waals surface area contributed by atoms with Gasteiger partial charge in [0.2, 0.25) is 0 Å². The Hall–Kier alpha value is -0.610. The zero-order valence-corrected chi connectivity index (χ0v) is 14.9. The summed E-state index contributed by atoms with van der Waals surface area (Å²) in [6, 6.07) is 0. The third-order valence-electron chi connectivity index (χ3n) is 3.63. The second kappa shape index (κ2) is 16.8. The number of ether oxygens (including phenoxy) is 3. The number of unbranched alkanes of at least 4 members (excludes halogenated alkanes) is 7. The minimum absolute atomic E-state index is 0.265. The molecular weight excluding hydrogens is 280 g/mol. The summed E-state index contributed by atoms with van der Waals surface area (Å²) >= 11 is 0. The maximum atomic E-state index is 10.5. The second-order valence-electron chi connectivity index (χ2n) is 5.90. The van der Waals surface area contributed by atoms with E-state index in [1.165, 1.54) is 58.3 Å². The maximum Gasteiger partial charge on any atom is 0.302 e. The van der Waals surface area contributed by atoms with Gasteiger partial charge in [0.15, 0.2) is 0 Å². The molecule has 22 heavy (non-hydrogen) atoms. The molecule has 4 heteroatoms. The van der Waals surface area contributed by atoms with Gasteiger partial charge >= 0.3 is 5.97 Å². The smallest absolute Gasteiger partial charge is 0.302 e. The summed E-state index contributed by atoms with van der Waals surface area (Å²) in [5, 5.41) is 0. The monoisotopic (exact) mass is 316 g/mol. The summed E-state index contributed by atoms with van der Waals surface area (Å²) in [5.74, 6) is -0.265. The van der Waals surface area contributed by atoms with Crippen LogP contribution in [0.1, 0.15) is 78.6 Å². The molecule has 0 bridgehead atoms. The highest BCUT2D eigenvalue weighted by Gasteiger charge is 2.02. The van der Waals surface area contributed by atoms with Crippen LogP contribution in [0.2, 0.25) is 0 Å². The fourth-order valence-corrected chi connectivity index (χ4v) is 2.30. The molecule has 4 nitrogen and oxygen atoms in total. The lowest BCUT2D eigenvalue weighted by Gasteiger charge is -2.13. The Balaban J connectivity index is 3.16. The van der Waals surface area contributed by atoms with E-state index in [0.717, 1.165) is 6.42 Å². The largest absolute Gasteiger partial charge is 0.463 e. The van der Waals surface area contributed by atoms with Gasteiger partial charge in [0.1, 0.15) is 6.61 Å². The van der Waals surface area contributed by atoms with Gasteiger partial charge in [-0.1, -0.05) is 58.3 Å². The van der Waals surface area contributed by atoms with Crippen molar-refractivity contribution in [3.8, 4) is 0 Å². The topological polar surface area (TPSA) is 44.8 Å². The lowest BCUT2D eigenvalue weighted by molar-refractivity contribution is -0.142. The van der Waals surface area contributed by atoms with Crippen LogP contribution < -0.4 is 0 Å². The third-order valence-corrected chi connectivity index (χ3v) is 3.63. The van der Waals surface area contributed by atoms with Crippen molar-refractivity contribution in [2.45, 2.75) is 84.7 Å². The molecule has 0 aromatic heterocycles. The molecule has 0 aromatic rings. The Morgan fingerprint density at radius 3 is 2.09 bits per heavy atom. The fourth-order valence-electron chi connectivity index (χ4n) is 2.30. The molecule has 0 spiro atoms. The molecule has 0 aromatic carbocycles. The predicted octanol–water partition coefficient (Wildman–Crippen LogP) is 4.50. The van der Waals surface area contributed by atoms with E-state index in [2.05, 4.69) is 13.8 Å². The standard InChI is InChI=1S/C18H36O4/c1-4-5-6-7-8-9-10-11-12-17(2)21-15-13-20-14-16-22-18(3)19/h17H,4-16H2,1-3H3. The summed E-state index contributed by atoms with van der Waals surface area (Å²) in [4.78, 5) is 10.5. The second-order valence-corrected chi connectivity index (χ2v) is 5.90. The van der Waals surface area contributed by atoms with Gasteiger partial charge < -0.3 is 14.2 Å². The lowest BCUT2D eigenvalue weighted by atomic mass is 10.1. The number of hydrogen-bond donors (Lipinski definition) is 0. The Morgan fingerprint density at radius 1 is 0.864 bits per heavy atom. The van der Waals surface area contributed by atoms with E-state index in [1.807, 2.05) is 0 Å². The van der Waals surface area contributed by atoms with Crippen molar-refractivity contribution in [3.63, 3.8) is 0 Å². The average molecular weight is 316 g/mol. The van der Waals surface area contributed by atoms with E-state index in [1.54, 1.807) is 0 Å². The maximum absolute atomic E-state index is 10.5. The van der Waals surface area contributed by atoms with E-state index < -0.39 is 0 Å². The molecule has 0 aliphatic heterocycles. The fraction of sp³-hybridized carbons (Fsp3) is 0.944. The van der Waals surface area contributed by atoms with Crippen LogP contribution in [0.3, 0.4) is 0 Å². The van der Waals surface area contributed by atoms with Crippen LogP contribution in [-0.2, 0) is 19.0 Å². The van der Waals surface area contributed by atoms with Gasteiger partial charge in [0.25, 0.3) is 0 Å². The molecule has 0 saturated heterocycles. The van der Waals surface area contributed by atoms with Crippen molar-refractivity contribution >= 4 is 5.97 Å². The molecule has 0 rings (SSSR count). The van der Waals surface area contributed by atoms with Crippen molar-refractivity contribution in [1.82, 2.24) is 0 Å². The SMILES string of the molecule is CCCCCCCCCCC(C)OCCOCCOC(C)=O. The van der Waals surface area contributed by atoms with Crippen LogP contribution in [0.4, 0.5) is 0 Å². The minimum atomic E-state index is -0.265. The Kier molecular flexibility index (Phi) is 16.3. The van der Waals surface area contributed by atoms with E-state index in [0.29, 0.717) is 32.5 Å². The zero-order chi connectivity index (χ0) is 16.5. The van der Waals surface area contributed by atoms with Crippen molar-refractivity contribution in [3.05, 3.63) is 0 Å². The lowest BCUT2D eigenvalue weighted by Crippen LogP contribution is -2.15. The zero-order valence-electron chi connectivity index (χ0n) is 14.9. The van der Waals surface area contributed by atoms with Crippen molar-refractivity contribution < 1.29 is 19.0 Å². The van der Waals surface area contributed by atoms with E-state index in [-0.39, 0.29) is 5.97 Å². The molecule has 0 saturated carbocycles. The number of rotatable bonds is 16. The normalized spacial score (nSPS) is 12.3. The average Bonchev–Trinajstić information content (AvgIpc) is 2.48. The molecule has 0 radical (unpaired) electrons. The molecule has 0 heterocycles. The molecule has 0 aliphatic carbocycles. The van der Waals surface area contributed by atoms with Crippen molar-refractivity contribution in [1.29, 1.82) is 0 Å². The first-order valence-corrected chi connectivity index (χ1v) is 8.99. The van der Waals surface area contributed by atoms with Crippen LogP contribution in [0.25, 0.3) is 0 Å². The van der Waals surface area contributed by atoms with Gasteiger partial charge in [-0.05, 0) is 13.3 Å². The molecule has 132 valence electrons. The Bertz CT molecular complexity index is 243. The number of carbonyl (C=O) groups excluding carboxylic acids is 1. The number of esters is 1. The molecule has 0 fully saturated rings. The summed E-state index contributed by atoms with van der Waals surface area (Å²) in [6.45, 7) is 7.71. The van der Waals surface area contributed by atoms with Gasteiger partial charge in [-0.2, -0.15) is 0 Å². The van der Waals surface area contributed by atoms with Crippen LogP contribution in [-0.4, -0.2) is 38.5 Å². The van der Waals surface area contributed by atoms with Crippen LogP contribution in [0, 0.1) is 0 Å². The van der Waals surface area contributed by atoms with Gasteiger partial charge in [-0.25, -0.2) is 0 Å². The highest BCUT2D eigenvalue weighted by Crippen LogP contribution is 2.11. The molecule has 1 unspecified atom stereocenters. The highest BCUT2D eigenvalue weighted by atomic mass is 16.6. The van der Waals surface area contributed by atoms with Gasteiger partial charge in [0, 0.05) is 6.92 Å². The Labute approximate surface area is 136 Å². The van der Waals surface area contributed by atoms with Crippen LogP contribution in [0.5, 0.6) is 0 Å². The van der Waals surface area contributed by atoms with E-state index in [4.69, 9.17) is 14.2 Å². The summed E-state index contributed by atoms with van der Waals surface area (Å²) in [7, 11) is 0. The van der Waals surface area contributed by atoms with Gasteiger partial charge in [0.05, 0.1) is 25.9 Å².